The quantitative estimate of drug-likeness (QED) is 0.857. The van der Waals surface area contributed by atoms with Gasteiger partial charge in [0.2, 0.25) is 0 Å². The third-order valence-electron chi connectivity index (χ3n) is 2.17. The van der Waals surface area contributed by atoms with Crippen LogP contribution in [0.5, 0.6) is 5.75 Å². The molecular weight excluding hydrogens is 206 g/mol. The van der Waals surface area contributed by atoms with E-state index >= 15 is 0 Å². The first kappa shape index (κ1) is 10.2. The molecule has 0 saturated carbocycles. The summed E-state index contributed by atoms with van der Waals surface area (Å²) >= 11 is 1.66. The molecule has 0 spiro atoms. The number of benzene rings is 1. The van der Waals surface area contributed by atoms with E-state index in [9.17, 15) is 5.11 Å². The first-order chi connectivity index (χ1) is 7.29. The van der Waals surface area contributed by atoms with Crippen molar-refractivity contribution < 1.29 is 5.11 Å². The van der Waals surface area contributed by atoms with Gasteiger partial charge < -0.3 is 5.11 Å². The number of aromatic hydroxyl groups is 1. The summed E-state index contributed by atoms with van der Waals surface area (Å²) in [6.07, 6.45) is 2.16. The molecule has 1 heterocycles. The van der Waals surface area contributed by atoms with Gasteiger partial charge in [-0.1, -0.05) is 13.3 Å². The molecule has 0 amide bonds. The van der Waals surface area contributed by atoms with Crippen LogP contribution in [0.2, 0.25) is 0 Å². The number of rotatable bonds is 3. The second kappa shape index (κ2) is 4.45. The van der Waals surface area contributed by atoms with E-state index < -0.39 is 0 Å². The minimum Gasteiger partial charge on any atom is -0.508 e. The zero-order valence-electron chi connectivity index (χ0n) is 8.60. The smallest absolute Gasteiger partial charge is 0.123 e. The van der Waals surface area contributed by atoms with Crippen LogP contribution in [0, 0.1) is 0 Å². The monoisotopic (exact) mass is 219 g/mol. The number of nitrogens with zero attached hydrogens (tertiary/aromatic N) is 1. The van der Waals surface area contributed by atoms with E-state index in [0.29, 0.717) is 5.75 Å². The standard InChI is InChI=1S/C12H13NOS/c1-2-3-10-8-15-12(13-10)9-4-6-11(14)7-5-9/h4-8,14H,2-3H2,1H3. The lowest BCUT2D eigenvalue weighted by atomic mass is 10.2. The number of hydrogen-bond acceptors (Lipinski definition) is 3. The summed E-state index contributed by atoms with van der Waals surface area (Å²) in [5.74, 6) is 0.295. The minimum atomic E-state index is 0.295. The fourth-order valence-corrected chi connectivity index (χ4v) is 2.27. The third-order valence-corrected chi connectivity index (χ3v) is 3.11. The lowest BCUT2D eigenvalue weighted by Crippen LogP contribution is -1.82. The molecule has 0 aliphatic carbocycles. The van der Waals surface area contributed by atoms with Crippen molar-refractivity contribution in [2.45, 2.75) is 19.8 Å². The van der Waals surface area contributed by atoms with Crippen LogP contribution in [-0.4, -0.2) is 10.1 Å². The van der Waals surface area contributed by atoms with Gasteiger partial charge in [-0.25, -0.2) is 4.98 Å². The Morgan fingerprint density at radius 3 is 2.67 bits per heavy atom. The van der Waals surface area contributed by atoms with Crippen LogP contribution in [0.1, 0.15) is 19.0 Å². The molecular formula is C12H13NOS. The molecule has 0 atom stereocenters. The van der Waals surface area contributed by atoms with Gasteiger partial charge in [0.1, 0.15) is 10.8 Å². The van der Waals surface area contributed by atoms with Gasteiger partial charge in [-0.05, 0) is 30.7 Å². The highest BCUT2D eigenvalue weighted by atomic mass is 32.1. The number of hydrogen-bond donors (Lipinski definition) is 1. The van der Waals surface area contributed by atoms with Crippen molar-refractivity contribution in [2.75, 3.05) is 0 Å². The van der Waals surface area contributed by atoms with E-state index in [1.165, 1.54) is 0 Å². The Labute approximate surface area is 93.2 Å². The summed E-state index contributed by atoms with van der Waals surface area (Å²) < 4.78 is 0. The number of thiazole rings is 1. The van der Waals surface area contributed by atoms with E-state index in [1.54, 1.807) is 23.5 Å². The second-order valence-electron chi connectivity index (χ2n) is 3.44. The highest BCUT2D eigenvalue weighted by molar-refractivity contribution is 7.13. The van der Waals surface area contributed by atoms with Crippen molar-refractivity contribution in [2.24, 2.45) is 0 Å². The Morgan fingerprint density at radius 1 is 1.27 bits per heavy atom. The van der Waals surface area contributed by atoms with Crippen molar-refractivity contribution in [3.05, 3.63) is 35.3 Å². The van der Waals surface area contributed by atoms with Crippen molar-refractivity contribution in [3.8, 4) is 16.3 Å². The SMILES string of the molecule is CCCc1csc(-c2ccc(O)cc2)n1. The largest absolute Gasteiger partial charge is 0.508 e. The molecule has 78 valence electrons. The van der Waals surface area contributed by atoms with Crippen LogP contribution >= 0.6 is 11.3 Å². The molecule has 0 aliphatic rings. The first-order valence-electron chi connectivity index (χ1n) is 5.03. The van der Waals surface area contributed by atoms with E-state index in [4.69, 9.17) is 0 Å². The van der Waals surface area contributed by atoms with Gasteiger partial charge in [-0.3, -0.25) is 0 Å². The van der Waals surface area contributed by atoms with Crippen LogP contribution in [-0.2, 0) is 6.42 Å². The molecule has 0 aliphatic heterocycles. The summed E-state index contributed by atoms with van der Waals surface area (Å²) in [6.45, 7) is 2.15. The minimum absolute atomic E-state index is 0.295. The zero-order chi connectivity index (χ0) is 10.7. The lowest BCUT2D eigenvalue weighted by molar-refractivity contribution is 0.475. The van der Waals surface area contributed by atoms with E-state index in [2.05, 4.69) is 17.3 Å². The van der Waals surface area contributed by atoms with Gasteiger partial charge in [0.05, 0.1) is 5.69 Å². The van der Waals surface area contributed by atoms with Crippen LogP contribution in [0.4, 0.5) is 0 Å². The maximum atomic E-state index is 9.18. The molecule has 0 unspecified atom stereocenters. The van der Waals surface area contributed by atoms with E-state index in [1.807, 2.05) is 12.1 Å². The molecule has 1 aromatic heterocycles. The summed E-state index contributed by atoms with van der Waals surface area (Å²) in [7, 11) is 0. The molecule has 0 fully saturated rings. The molecule has 15 heavy (non-hydrogen) atoms. The van der Waals surface area contributed by atoms with Gasteiger partial charge in [-0.2, -0.15) is 0 Å². The summed E-state index contributed by atoms with van der Waals surface area (Å²) in [4.78, 5) is 4.54. The van der Waals surface area contributed by atoms with Crippen LogP contribution < -0.4 is 0 Å². The molecule has 2 nitrogen and oxygen atoms in total. The Balaban J connectivity index is 2.25. The summed E-state index contributed by atoms with van der Waals surface area (Å²) in [5, 5.41) is 12.3. The molecule has 1 N–H and O–H groups in total. The topological polar surface area (TPSA) is 33.1 Å². The lowest BCUT2D eigenvalue weighted by Gasteiger charge is -1.96. The van der Waals surface area contributed by atoms with Gasteiger partial charge in [0.25, 0.3) is 0 Å². The first-order valence-corrected chi connectivity index (χ1v) is 5.91. The molecule has 0 bridgehead atoms. The number of phenolic OH excluding ortho intramolecular Hbond substituents is 1. The van der Waals surface area contributed by atoms with Crippen LogP contribution in [0.25, 0.3) is 10.6 Å². The summed E-state index contributed by atoms with van der Waals surface area (Å²) in [6, 6.07) is 7.17. The number of phenols is 1. The fraction of sp³-hybridized carbons (Fsp3) is 0.250. The molecule has 2 aromatic rings. The van der Waals surface area contributed by atoms with Gasteiger partial charge in [-0.15, -0.1) is 11.3 Å². The average Bonchev–Trinajstić information content (AvgIpc) is 2.68. The van der Waals surface area contributed by atoms with Crippen LogP contribution in [0.15, 0.2) is 29.6 Å². The molecule has 0 radical (unpaired) electrons. The molecule has 2 rings (SSSR count). The number of aryl methyl sites for hydroxylation is 1. The van der Waals surface area contributed by atoms with Crippen LogP contribution in [0.3, 0.4) is 0 Å². The van der Waals surface area contributed by atoms with Crippen molar-refractivity contribution in [1.29, 1.82) is 0 Å². The van der Waals surface area contributed by atoms with E-state index in [0.717, 1.165) is 29.1 Å². The third kappa shape index (κ3) is 2.36. The zero-order valence-corrected chi connectivity index (χ0v) is 9.42. The second-order valence-corrected chi connectivity index (χ2v) is 4.30. The predicted octanol–water partition coefficient (Wildman–Crippen LogP) is 3.47. The Morgan fingerprint density at radius 2 is 2.00 bits per heavy atom. The normalized spacial score (nSPS) is 10.5. The fourth-order valence-electron chi connectivity index (χ4n) is 1.41. The Bertz CT molecular complexity index is 433. The Hall–Kier alpha value is -1.35. The average molecular weight is 219 g/mol. The van der Waals surface area contributed by atoms with Crippen molar-refractivity contribution >= 4 is 11.3 Å². The number of aromatic nitrogens is 1. The highest BCUT2D eigenvalue weighted by Gasteiger charge is 2.03. The van der Waals surface area contributed by atoms with Gasteiger partial charge in [0, 0.05) is 10.9 Å². The molecule has 1 aromatic carbocycles. The Kier molecular flexibility index (Phi) is 3.02. The van der Waals surface area contributed by atoms with Gasteiger partial charge in [0.15, 0.2) is 0 Å². The van der Waals surface area contributed by atoms with Crippen molar-refractivity contribution in [1.82, 2.24) is 4.98 Å². The van der Waals surface area contributed by atoms with E-state index in [-0.39, 0.29) is 0 Å². The highest BCUT2D eigenvalue weighted by Crippen LogP contribution is 2.25. The molecule has 0 saturated heterocycles. The predicted molar refractivity (Wildman–Crippen MR) is 63.2 cm³/mol. The van der Waals surface area contributed by atoms with Gasteiger partial charge >= 0.3 is 0 Å². The van der Waals surface area contributed by atoms with Crippen molar-refractivity contribution in [3.63, 3.8) is 0 Å². The summed E-state index contributed by atoms with van der Waals surface area (Å²) in [5.41, 5.74) is 2.23. The maximum Gasteiger partial charge on any atom is 0.123 e. The molecule has 3 heteroatoms. The maximum absolute atomic E-state index is 9.18.